The van der Waals surface area contributed by atoms with Crippen molar-refractivity contribution in [2.24, 2.45) is 5.73 Å². The predicted octanol–water partition coefficient (Wildman–Crippen LogP) is 2.76. The van der Waals surface area contributed by atoms with Gasteiger partial charge in [0.1, 0.15) is 0 Å². The molecule has 3 nitrogen and oxygen atoms in total. The molecule has 17 heavy (non-hydrogen) atoms. The summed E-state index contributed by atoms with van der Waals surface area (Å²) in [5.41, 5.74) is 9.62. The zero-order valence-electron chi connectivity index (χ0n) is 10.6. The van der Waals surface area contributed by atoms with Gasteiger partial charge in [0.05, 0.1) is 17.8 Å². The van der Waals surface area contributed by atoms with Gasteiger partial charge < -0.3 is 5.73 Å². The number of nitrogens with two attached hydrogens (primary N) is 1. The Bertz CT molecular complexity index is 487. The first kappa shape index (κ1) is 11.9. The normalized spacial score (nSPS) is 14.6. The van der Waals surface area contributed by atoms with E-state index in [1.807, 2.05) is 29.8 Å². The second kappa shape index (κ2) is 4.72. The van der Waals surface area contributed by atoms with Crippen molar-refractivity contribution in [3.05, 3.63) is 53.3 Å². The summed E-state index contributed by atoms with van der Waals surface area (Å²) in [6.45, 7) is 6.18. The number of rotatable bonds is 3. The van der Waals surface area contributed by atoms with Gasteiger partial charge in [-0.1, -0.05) is 30.3 Å². The Morgan fingerprint density at radius 3 is 2.35 bits per heavy atom. The molecule has 0 bridgehead atoms. The summed E-state index contributed by atoms with van der Waals surface area (Å²) >= 11 is 0. The fraction of sp³-hybridized carbons (Fsp3) is 0.357. The van der Waals surface area contributed by atoms with Gasteiger partial charge in [0.2, 0.25) is 0 Å². The SMILES string of the molecule is Cc1cc(C)n(C(C)C(N)c2ccccc2)n1. The number of aryl methyl sites for hydroxylation is 2. The molecule has 0 fully saturated rings. The summed E-state index contributed by atoms with van der Waals surface area (Å²) in [7, 11) is 0. The third-order valence-corrected chi connectivity index (χ3v) is 3.13. The molecule has 0 saturated heterocycles. The summed E-state index contributed by atoms with van der Waals surface area (Å²) in [4.78, 5) is 0. The van der Waals surface area contributed by atoms with Crippen molar-refractivity contribution in [1.29, 1.82) is 0 Å². The minimum absolute atomic E-state index is 0.0331. The summed E-state index contributed by atoms with van der Waals surface area (Å²) in [5, 5.41) is 4.49. The summed E-state index contributed by atoms with van der Waals surface area (Å²) in [5.74, 6) is 0. The Labute approximate surface area is 102 Å². The molecule has 2 atom stereocenters. The molecule has 3 heteroatoms. The van der Waals surface area contributed by atoms with Crippen LogP contribution < -0.4 is 5.73 Å². The molecule has 0 aliphatic carbocycles. The van der Waals surface area contributed by atoms with Crippen LogP contribution in [0, 0.1) is 13.8 Å². The van der Waals surface area contributed by atoms with Gasteiger partial charge in [0.25, 0.3) is 0 Å². The highest BCUT2D eigenvalue weighted by molar-refractivity contribution is 5.20. The molecule has 0 spiro atoms. The fourth-order valence-corrected chi connectivity index (χ4v) is 2.16. The van der Waals surface area contributed by atoms with E-state index in [1.54, 1.807) is 0 Å². The summed E-state index contributed by atoms with van der Waals surface area (Å²) in [6, 6.07) is 12.4. The van der Waals surface area contributed by atoms with Crippen LogP contribution >= 0.6 is 0 Å². The van der Waals surface area contributed by atoms with Crippen molar-refractivity contribution in [3.63, 3.8) is 0 Å². The van der Waals surface area contributed by atoms with Crippen molar-refractivity contribution in [2.45, 2.75) is 32.9 Å². The van der Waals surface area contributed by atoms with Crippen LogP contribution in [0.4, 0.5) is 0 Å². The monoisotopic (exact) mass is 229 g/mol. The van der Waals surface area contributed by atoms with E-state index in [2.05, 4.69) is 37.1 Å². The molecule has 1 heterocycles. The quantitative estimate of drug-likeness (QED) is 0.879. The van der Waals surface area contributed by atoms with Gasteiger partial charge in [-0.15, -0.1) is 0 Å². The smallest absolute Gasteiger partial charge is 0.0686 e. The van der Waals surface area contributed by atoms with E-state index in [0.717, 1.165) is 17.0 Å². The van der Waals surface area contributed by atoms with E-state index in [-0.39, 0.29) is 12.1 Å². The molecule has 90 valence electrons. The Morgan fingerprint density at radius 2 is 1.82 bits per heavy atom. The standard InChI is InChI=1S/C14H19N3/c1-10-9-11(2)17(16-10)12(3)14(15)13-7-5-4-6-8-13/h4-9,12,14H,15H2,1-3H3. The molecule has 2 N–H and O–H groups in total. The highest BCUT2D eigenvalue weighted by Gasteiger charge is 2.18. The van der Waals surface area contributed by atoms with Crippen molar-refractivity contribution in [2.75, 3.05) is 0 Å². The van der Waals surface area contributed by atoms with Crippen molar-refractivity contribution in [1.82, 2.24) is 9.78 Å². The molecule has 1 aromatic carbocycles. The van der Waals surface area contributed by atoms with E-state index < -0.39 is 0 Å². The van der Waals surface area contributed by atoms with Crippen LogP contribution in [-0.4, -0.2) is 9.78 Å². The third kappa shape index (κ3) is 2.39. The first-order valence-corrected chi connectivity index (χ1v) is 5.93. The summed E-state index contributed by atoms with van der Waals surface area (Å²) < 4.78 is 2.01. The van der Waals surface area contributed by atoms with E-state index in [9.17, 15) is 0 Å². The highest BCUT2D eigenvalue weighted by atomic mass is 15.3. The lowest BCUT2D eigenvalue weighted by Gasteiger charge is -2.22. The average Bonchev–Trinajstić information content (AvgIpc) is 2.68. The third-order valence-electron chi connectivity index (χ3n) is 3.13. The number of hydrogen-bond acceptors (Lipinski definition) is 2. The van der Waals surface area contributed by atoms with Crippen LogP contribution in [0.5, 0.6) is 0 Å². The fourth-order valence-electron chi connectivity index (χ4n) is 2.16. The lowest BCUT2D eigenvalue weighted by Crippen LogP contribution is -2.24. The van der Waals surface area contributed by atoms with Crippen molar-refractivity contribution < 1.29 is 0 Å². The van der Waals surface area contributed by atoms with E-state index >= 15 is 0 Å². The van der Waals surface area contributed by atoms with Crippen LogP contribution in [0.2, 0.25) is 0 Å². The van der Waals surface area contributed by atoms with Crippen LogP contribution in [0.25, 0.3) is 0 Å². The molecular formula is C14H19N3. The number of benzene rings is 1. The van der Waals surface area contributed by atoms with Gasteiger partial charge in [-0.05, 0) is 32.4 Å². The predicted molar refractivity (Wildman–Crippen MR) is 69.8 cm³/mol. The van der Waals surface area contributed by atoms with Crippen LogP contribution in [0.1, 0.15) is 36.0 Å². The zero-order valence-corrected chi connectivity index (χ0v) is 10.6. The largest absolute Gasteiger partial charge is 0.322 e. The van der Waals surface area contributed by atoms with Crippen LogP contribution in [0.15, 0.2) is 36.4 Å². The molecule has 0 aliphatic heterocycles. The summed E-state index contributed by atoms with van der Waals surface area (Å²) in [6.07, 6.45) is 0. The number of hydrogen-bond donors (Lipinski definition) is 1. The molecule has 0 radical (unpaired) electrons. The highest BCUT2D eigenvalue weighted by Crippen LogP contribution is 2.24. The molecule has 2 unspecified atom stereocenters. The molecule has 2 aromatic rings. The van der Waals surface area contributed by atoms with Crippen molar-refractivity contribution >= 4 is 0 Å². The van der Waals surface area contributed by atoms with Crippen LogP contribution in [0.3, 0.4) is 0 Å². The van der Waals surface area contributed by atoms with Crippen molar-refractivity contribution in [3.8, 4) is 0 Å². The van der Waals surface area contributed by atoms with Gasteiger partial charge in [0.15, 0.2) is 0 Å². The minimum atomic E-state index is -0.0331. The Balaban J connectivity index is 2.26. The van der Waals surface area contributed by atoms with Crippen LogP contribution in [-0.2, 0) is 0 Å². The maximum absolute atomic E-state index is 6.29. The number of aromatic nitrogens is 2. The zero-order chi connectivity index (χ0) is 12.4. The molecule has 0 aliphatic rings. The Hall–Kier alpha value is -1.61. The Morgan fingerprint density at radius 1 is 1.18 bits per heavy atom. The second-order valence-electron chi connectivity index (χ2n) is 4.55. The minimum Gasteiger partial charge on any atom is -0.322 e. The average molecular weight is 229 g/mol. The van der Waals surface area contributed by atoms with Gasteiger partial charge >= 0.3 is 0 Å². The number of nitrogens with zero attached hydrogens (tertiary/aromatic N) is 2. The topological polar surface area (TPSA) is 43.8 Å². The van der Waals surface area contributed by atoms with E-state index in [1.165, 1.54) is 0 Å². The maximum Gasteiger partial charge on any atom is 0.0686 e. The van der Waals surface area contributed by atoms with E-state index in [0.29, 0.717) is 0 Å². The maximum atomic E-state index is 6.29. The van der Waals surface area contributed by atoms with E-state index in [4.69, 9.17) is 5.73 Å². The molecule has 0 saturated carbocycles. The molecule has 0 amide bonds. The van der Waals surface area contributed by atoms with Gasteiger partial charge in [-0.2, -0.15) is 5.10 Å². The van der Waals surface area contributed by atoms with Gasteiger partial charge in [-0.25, -0.2) is 0 Å². The first-order valence-electron chi connectivity index (χ1n) is 5.93. The first-order chi connectivity index (χ1) is 8.09. The lowest BCUT2D eigenvalue weighted by atomic mass is 10.0. The van der Waals surface area contributed by atoms with Gasteiger partial charge in [0, 0.05) is 5.69 Å². The Kier molecular flexibility index (Phi) is 3.29. The van der Waals surface area contributed by atoms with Gasteiger partial charge in [-0.3, -0.25) is 4.68 Å². The molecular weight excluding hydrogens is 210 g/mol. The second-order valence-corrected chi connectivity index (χ2v) is 4.55. The molecule has 2 rings (SSSR count). The lowest BCUT2D eigenvalue weighted by molar-refractivity contribution is 0.406. The molecule has 1 aromatic heterocycles.